The zero-order valence-electron chi connectivity index (χ0n) is 3.50. The van der Waals surface area contributed by atoms with Gasteiger partial charge >= 0.3 is 25.8 Å². The summed E-state index contributed by atoms with van der Waals surface area (Å²) in [6.07, 6.45) is 0. The van der Waals surface area contributed by atoms with Crippen molar-refractivity contribution in [2.45, 2.75) is 20.8 Å². The van der Waals surface area contributed by atoms with Gasteiger partial charge in [-0.05, 0) is 5.92 Å². The molecule has 0 heterocycles. The fourth-order valence-corrected chi connectivity index (χ4v) is 0. The van der Waals surface area contributed by atoms with Crippen LogP contribution in [0.25, 0.3) is 0 Å². The number of hydrogen-bond acceptors (Lipinski definition) is 0. The van der Waals surface area contributed by atoms with Gasteiger partial charge in [0.15, 0.2) is 0 Å². The van der Waals surface area contributed by atoms with E-state index in [1.54, 1.807) is 0 Å². The van der Waals surface area contributed by atoms with E-state index in [0.717, 1.165) is 0 Å². The summed E-state index contributed by atoms with van der Waals surface area (Å²) >= 11 is 0. The Morgan fingerprint density at radius 3 is 1.00 bits per heavy atom. The summed E-state index contributed by atoms with van der Waals surface area (Å²) in [4.78, 5) is 0. The molecule has 0 aromatic carbocycles. The standard InChI is InChI=1S/C4H9.In.3H/c1-4(2)3;;;;/h1-3H3;;;;. The Labute approximate surface area is 52.7 Å². The third kappa shape index (κ3) is 53.0. The average molecular weight is 175 g/mol. The molecular weight excluding hydrogens is 163 g/mol. The van der Waals surface area contributed by atoms with E-state index in [1.165, 1.54) is 5.92 Å². The fourth-order valence-electron chi connectivity index (χ4n) is 0. The Bertz CT molecular complexity index is 8.36. The summed E-state index contributed by atoms with van der Waals surface area (Å²) in [6.45, 7) is 6.25. The zero-order valence-corrected chi connectivity index (χ0v) is 3.50. The Balaban J connectivity index is 0. The third-order valence-corrected chi connectivity index (χ3v) is 0. The van der Waals surface area contributed by atoms with Crippen LogP contribution in [-0.4, -0.2) is 25.8 Å². The van der Waals surface area contributed by atoms with Crippen LogP contribution in [0, 0.1) is 5.92 Å². The van der Waals surface area contributed by atoms with Crippen LogP contribution in [0.4, 0.5) is 0 Å². The molecule has 0 aromatic rings. The van der Waals surface area contributed by atoms with Gasteiger partial charge in [0.2, 0.25) is 0 Å². The molecule has 1 heteroatoms. The first-order valence-electron chi connectivity index (χ1n) is 1.50. The van der Waals surface area contributed by atoms with Gasteiger partial charge in [0.25, 0.3) is 0 Å². The summed E-state index contributed by atoms with van der Waals surface area (Å²) in [5.74, 6) is 1.42. The van der Waals surface area contributed by atoms with Gasteiger partial charge in [-0.25, -0.2) is 0 Å². The number of rotatable bonds is 0. The van der Waals surface area contributed by atoms with Gasteiger partial charge in [0, 0.05) is 0 Å². The second-order valence-corrected chi connectivity index (χ2v) is 1.50. The molecule has 0 fully saturated rings. The summed E-state index contributed by atoms with van der Waals surface area (Å²) in [7, 11) is 0. The van der Waals surface area contributed by atoms with Gasteiger partial charge in [0.1, 0.15) is 0 Å². The van der Waals surface area contributed by atoms with Crippen LogP contribution >= 0.6 is 0 Å². The molecule has 0 amide bonds. The van der Waals surface area contributed by atoms with Crippen LogP contribution in [0.1, 0.15) is 20.8 Å². The summed E-state index contributed by atoms with van der Waals surface area (Å²) in [5, 5.41) is 0. The Hall–Kier alpha value is 0.870. The Morgan fingerprint density at radius 1 is 1.00 bits per heavy atom. The quantitative estimate of drug-likeness (QED) is 0.501. The first-order chi connectivity index (χ1) is 1.73. The van der Waals surface area contributed by atoms with Crippen molar-refractivity contribution in [1.82, 2.24) is 0 Å². The maximum absolute atomic E-state index is 2.08. The van der Waals surface area contributed by atoms with Crippen molar-refractivity contribution >= 4 is 25.8 Å². The molecule has 1 radical (unpaired) electrons. The van der Waals surface area contributed by atoms with Crippen molar-refractivity contribution in [1.29, 1.82) is 0 Å². The van der Waals surface area contributed by atoms with Gasteiger partial charge in [-0.2, -0.15) is 0 Å². The van der Waals surface area contributed by atoms with E-state index in [2.05, 4.69) is 20.8 Å². The van der Waals surface area contributed by atoms with Crippen LogP contribution in [0.3, 0.4) is 0 Å². The predicted octanol–water partition coefficient (Wildman–Crippen LogP) is 0.437. The molecule has 0 aliphatic heterocycles. The van der Waals surface area contributed by atoms with Gasteiger partial charge in [0.05, 0.1) is 0 Å². The van der Waals surface area contributed by atoms with Crippen molar-refractivity contribution in [3.63, 3.8) is 0 Å². The van der Waals surface area contributed by atoms with Gasteiger partial charge in [-0.1, -0.05) is 20.8 Å². The van der Waals surface area contributed by atoms with Crippen molar-refractivity contribution in [3.05, 3.63) is 5.92 Å². The van der Waals surface area contributed by atoms with Gasteiger partial charge < -0.3 is 0 Å². The summed E-state index contributed by atoms with van der Waals surface area (Å²) < 4.78 is 0. The van der Waals surface area contributed by atoms with Crippen LogP contribution < -0.4 is 0 Å². The minimum absolute atomic E-state index is 0. The van der Waals surface area contributed by atoms with E-state index in [-0.39, 0.29) is 25.8 Å². The molecule has 0 saturated heterocycles. The van der Waals surface area contributed by atoms with E-state index in [9.17, 15) is 0 Å². The third-order valence-electron chi connectivity index (χ3n) is 0. The average Bonchev–Trinajstić information content (AvgIpc) is 0.811. The Kier molecular flexibility index (Phi) is 9.05. The van der Waals surface area contributed by atoms with E-state index >= 15 is 0 Å². The monoisotopic (exact) mass is 175 g/mol. The maximum atomic E-state index is 2.08. The van der Waals surface area contributed by atoms with E-state index in [0.29, 0.717) is 0 Å². The normalized spacial score (nSPS) is 7.20. The van der Waals surface area contributed by atoms with Crippen molar-refractivity contribution in [3.8, 4) is 0 Å². The summed E-state index contributed by atoms with van der Waals surface area (Å²) in [6, 6.07) is 0. The molecular formula is C4H12In. The van der Waals surface area contributed by atoms with Crippen LogP contribution in [0.15, 0.2) is 0 Å². The van der Waals surface area contributed by atoms with Crippen molar-refractivity contribution in [2.24, 2.45) is 0 Å². The van der Waals surface area contributed by atoms with Crippen LogP contribution in [0.2, 0.25) is 0 Å². The molecule has 5 heavy (non-hydrogen) atoms. The van der Waals surface area contributed by atoms with E-state index < -0.39 is 0 Å². The van der Waals surface area contributed by atoms with Crippen molar-refractivity contribution in [2.75, 3.05) is 0 Å². The van der Waals surface area contributed by atoms with Crippen LogP contribution in [0.5, 0.6) is 0 Å². The topological polar surface area (TPSA) is 0 Å². The minimum atomic E-state index is 0. The van der Waals surface area contributed by atoms with E-state index in [4.69, 9.17) is 0 Å². The molecule has 0 rings (SSSR count). The molecule has 0 atom stereocenters. The second kappa shape index (κ2) is 4.87. The first kappa shape index (κ1) is 9.30. The molecule has 0 unspecified atom stereocenters. The van der Waals surface area contributed by atoms with Gasteiger partial charge in [-0.15, -0.1) is 0 Å². The Morgan fingerprint density at radius 2 is 1.00 bits per heavy atom. The van der Waals surface area contributed by atoms with E-state index in [1.807, 2.05) is 0 Å². The molecule has 0 bridgehead atoms. The molecule has 0 saturated carbocycles. The molecule has 0 spiro atoms. The molecule has 0 aromatic heterocycles. The second-order valence-electron chi connectivity index (χ2n) is 1.50. The SMILES string of the molecule is C[C](C)C.[InH3]. The van der Waals surface area contributed by atoms with Crippen LogP contribution in [-0.2, 0) is 0 Å². The summed E-state index contributed by atoms with van der Waals surface area (Å²) in [5.41, 5.74) is 0. The number of hydrogen-bond donors (Lipinski definition) is 0. The van der Waals surface area contributed by atoms with Gasteiger partial charge in [-0.3, -0.25) is 0 Å². The first-order valence-corrected chi connectivity index (χ1v) is 1.50. The van der Waals surface area contributed by atoms with Crippen molar-refractivity contribution < 1.29 is 0 Å². The molecule has 0 aliphatic carbocycles. The molecule has 0 aliphatic rings. The molecule has 0 N–H and O–H groups in total. The predicted molar refractivity (Wildman–Crippen MR) is 30.2 cm³/mol. The molecule has 31 valence electrons. The zero-order chi connectivity index (χ0) is 3.58. The molecule has 0 nitrogen and oxygen atoms in total. The fraction of sp³-hybridized carbons (Fsp3) is 0.750.